The highest BCUT2D eigenvalue weighted by atomic mass is 35.5. The van der Waals surface area contributed by atoms with Crippen LogP contribution in [0.1, 0.15) is 22.9 Å². The van der Waals surface area contributed by atoms with Crippen molar-refractivity contribution in [1.82, 2.24) is 9.55 Å². The standard InChI is InChI=1S/C27H25Cl2N3O2/c28-22-9-6-20(7-10-22)8-13-25(18-32-17-16-30-19-32)34-24-14-11-23(12-15-24)31-27(33)26(29)21-4-2-1-3-5-21/h1-7,9-12,14-17,19,25-26H,8,13,18H2,(H,31,33). The minimum atomic E-state index is -0.760. The molecule has 5 nitrogen and oxygen atoms in total. The zero-order chi connectivity index (χ0) is 23.8. The second-order valence-corrected chi connectivity index (χ2v) is 8.82. The molecule has 0 aliphatic carbocycles. The number of aromatic nitrogens is 2. The number of anilines is 1. The number of nitrogens with one attached hydrogen (secondary N) is 1. The van der Waals surface area contributed by atoms with Crippen molar-refractivity contribution in [3.8, 4) is 5.75 Å². The molecule has 0 saturated heterocycles. The van der Waals surface area contributed by atoms with Crippen LogP contribution >= 0.6 is 23.2 Å². The quantitative estimate of drug-likeness (QED) is 0.255. The van der Waals surface area contributed by atoms with Crippen molar-refractivity contribution in [3.63, 3.8) is 0 Å². The SMILES string of the molecule is O=C(Nc1ccc(OC(CCc2ccc(Cl)cc2)Cn2ccnc2)cc1)C(Cl)c1ccccc1. The van der Waals surface area contributed by atoms with Gasteiger partial charge in [-0.3, -0.25) is 4.79 Å². The van der Waals surface area contributed by atoms with E-state index in [0.717, 1.165) is 29.2 Å². The summed E-state index contributed by atoms with van der Waals surface area (Å²) in [6.45, 7) is 0.678. The summed E-state index contributed by atoms with van der Waals surface area (Å²) < 4.78 is 8.30. The van der Waals surface area contributed by atoms with E-state index in [9.17, 15) is 4.79 Å². The van der Waals surface area contributed by atoms with Gasteiger partial charge in [0.25, 0.3) is 0 Å². The highest BCUT2D eigenvalue weighted by Gasteiger charge is 2.18. The molecule has 0 radical (unpaired) electrons. The van der Waals surface area contributed by atoms with Crippen molar-refractivity contribution in [1.29, 1.82) is 0 Å². The number of halogens is 2. The molecule has 0 aliphatic rings. The molecule has 1 heterocycles. The maximum Gasteiger partial charge on any atom is 0.246 e. The molecule has 1 N–H and O–H groups in total. The number of alkyl halides is 1. The first-order valence-electron chi connectivity index (χ1n) is 11.0. The highest BCUT2D eigenvalue weighted by Crippen LogP contribution is 2.24. The number of carbonyl (C=O) groups excluding carboxylic acids is 1. The lowest BCUT2D eigenvalue weighted by atomic mass is 10.1. The second kappa shape index (κ2) is 11.7. The van der Waals surface area contributed by atoms with E-state index in [1.54, 1.807) is 12.5 Å². The van der Waals surface area contributed by atoms with Crippen LogP contribution in [0.15, 0.2) is 97.6 Å². The van der Waals surface area contributed by atoms with Gasteiger partial charge in [0, 0.05) is 23.1 Å². The van der Waals surface area contributed by atoms with Crippen LogP contribution in [0.25, 0.3) is 0 Å². The number of nitrogens with zero attached hydrogens (tertiary/aromatic N) is 2. The summed E-state index contributed by atoms with van der Waals surface area (Å²) in [7, 11) is 0. The molecular weight excluding hydrogens is 469 g/mol. The highest BCUT2D eigenvalue weighted by molar-refractivity contribution is 6.32. The Bertz CT molecular complexity index is 1170. The Morgan fingerprint density at radius 2 is 1.74 bits per heavy atom. The van der Waals surface area contributed by atoms with Gasteiger partial charge >= 0.3 is 0 Å². The van der Waals surface area contributed by atoms with E-state index in [-0.39, 0.29) is 12.0 Å². The number of hydrogen-bond acceptors (Lipinski definition) is 3. The molecule has 4 rings (SSSR count). The van der Waals surface area contributed by atoms with Crippen LogP contribution in [0.4, 0.5) is 5.69 Å². The van der Waals surface area contributed by atoms with Crippen molar-refractivity contribution in [2.45, 2.75) is 30.9 Å². The van der Waals surface area contributed by atoms with Gasteiger partial charge in [0.15, 0.2) is 0 Å². The molecule has 0 fully saturated rings. The Balaban J connectivity index is 1.37. The molecule has 0 aliphatic heterocycles. The van der Waals surface area contributed by atoms with E-state index in [1.165, 1.54) is 5.56 Å². The van der Waals surface area contributed by atoms with E-state index < -0.39 is 5.38 Å². The molecule has 3 aromatic carbocycles. The molecule has 174 valence electrons. The molecular formula is C27H25Cl2N3O2. The predicted molar refractivity (Wildman–Crippen MR) is 137 cm³/mol. The summed E-state index contributed by atoms with van der Waals surface area (Å²) >= 11 is 12.3. The van der Waals surface area contributed by atoms with Crippen LogP contribution in [0.2, 0.25) is 5.02 Å². The molecule has 7 heteroatoms. The van der Waals surface area contributed by atoms with E-state index in [4.69, 9.17) is 27.9 Å². The topological polar surface area (TPSA) is 56.1 Å². The second-order valence-electron chi connectivity index (χ2n) is 7.95. The van der Waals surface area contributed by atoms with Crippen molar-refractivity contribution in [2.75, 3.05) is 5.32 Å². The van der Waals surface area contributed by atoms with E-state index in [1.807, 2.05) is 89.6 Å². The van der Waals surface area contributed by atoms with Gasteiger partial charge < -0.3 is 14.6 Å². The molecule has 0 spiro atoms. The number of hydrogen-bond donors (Lipinski definition) is 1. The number of benzene rings is 3. The number of rotatable bonds is 10. The Labute approximate surface area is 209 Å². The summed E-state index contributed by atoms with van der Waals surface area (Å²) in [5, 5.41) is 2.83. The zero-order valence-corrected chi connectivity index (χ0v) is 20.0. The lowest BCUT2D eigenvalue weighted by molar-refractivity contribution is -0.116. The molecule has 4 aromatic rings. The average molecular weight is 494 g/mol. The predicted octanol–water partition coefficient (Wildman–Crippen LogP) is 6.54. The van der Waals surface area contributed by atoms with E-state index in [0.29, 0.717) is 12.2 Å². The first-order chi connectivity index (χ1) is 16.6. The van der Waals surface area contributed by atoms with Crippen LogP contribution < -0.4 is 10.1 Å². The smallest absolute Gasteiger partial charge is 0.246 e. The zero-order valence-electron chi connectivity index (χ0n) is 18.5. The number of ether oxygens (including phenoxy) is 1. The van der Waals surface area contributed by atoms with Crippen LogP contribution in [-0.2, 0) is 17.8 Å². The van der Waals surface area contributed by atoms with Crippen molar-refractivity contribution < 1.29 is 9.53 Å². The van der Waals surface area contributed by atoms with Gasteiger partial charge in [-0.15, -0.1) is 11.6 Å². The van der Waals surface area contributed by atoms with Crippen LogP contribution in [0.3, 0.4) is 0 Å². The van der Waals surface area contributed by atoms with E-state index >= 15 is 0 Å². The van der Waals surface area contributed by atoms with Crippen molar-refractivity contribution in [3.05, 3.63) is 114 Å². The van der Waals surface area contributed by atoms with Gasteiger partial charge in [0.2, 0.25) is 5.91 Å². The third kappa shape index (κ3) is 6.86. The van der Waals surface area contributed by atoms with Gasteiger partial charge in [0.1, 0.15) is 17.2 Å². The van der Waals surface area contributed by atoms with Crippen LogP contribution in [0, 0.1) is 0 Å². The molecule has 1 amide bonds. The number of imidazole rings is 1. The first kappa shape index (κ1) is 23.9. The Morgan fingerprint density at radius 3 is 2.41 bits per heavy atom. The summed E-state index contributed by atoms with van der Waals surface area (Å²) in [6.07, 6.45) is 7.09. The lowest BCUT2D eigenvalue weighted by Gasteiger charge is -2.20. The summed E-state index contributed by atoms with van der Waals surface area (Å²) in [6, 6.07) is 24.5. The summed E-state index contributed by atoms with van der Waals surface area (Å²) in [4.78, 5) is 16.6. The number of carbonyl (C=O) groups is 1. The first-order valence-corrected chi connectivity index (χ1v) is 11.8. The fraction of sp³-hybridized carbons (Fsp3) is 0.185. The Hall–Kier alpha value is -3.28. The fourth-order valence-electron chi connectivity index (χ4n) is 3.58. The third-order valence-electron chi connectivity index (χ3n) is 5.39. The van der Waals surface area contributed by atoms with E-state index in [2.05, 4.69) is 10.3 Å². The molecule has 2 atom stereocenters. The lowest BCUT2D eigenvalue weighted by Crippen LogP contribution is -2.23. The molecule has 1 aromatic heterocycles. The van der Waals surface area contributed by atoms with Gasteiger partial charge in [0.05, 0.1) is 12.9 Å². The minimum absolute atomic E-state index is 0.0596. The van der Waals surface area contributed by atoms with Gasteiger partial charge in [-0.1, -0.05) is 54.1 Å². The third-order valence-corrected chi connectivity index (χ3v) is 6.09. The Kier molecular flexibility index (Phi) is 8.23. The van der Waals surface area contributed by atoms with Gasteiger partial charge in [-0.05, 0) is 60.4 Å². The van der Waals surface area contributed by atoms with Crippen LogP contribution in [0.5, 0.6) is 5.75 Å². The number of aryl methyl sites for hydroxylation is 1. The summed E-state index contributed by atoms with van der Waals surface area (Å²) in [5.41, 5.74) is 2.62. The van der Waals surface area contributed by atoms with Gasteiger partial charge in [-0.2, -0.15) is 0 Å². The van der Waals surface area contributed by atoms with Crippen LogP contribution in [-0.4, -0.2) is 21.6 Å². The molecule has 0 saturated carbocycles. The van der Waals surface area contributed by atoms with Crippen molar-refractivity contribution >= 4 is 34.8 Å². The summed E-state index contributed by atoms with van der Waals surface area (Å²) in [5.74, 6) is 0.451. The largest absolute Gasteiger partial charge is 0.489 e. The maximum absolute atomic E-state index is 12.5. The molecule has 34 heavy (non-hydrogen) atoms. The molecule has 0 bridgehead atoms. The van der Waals surface area contributed by atoms with Gasteiger partial charge in [-0.25, -0.2) is 4.98 Å². The normalized spacial score (nSPS) is 12.6. The van der Waals surface area contributed by atoms with Crippen molar-refractivity contribution in [2.24, 2.45) is 0 Å². The fourth-order valence-corrected chi connectivity index (χ4v) is 3.91. The molecule has 2 unspecified atom stereocenters. The minimum Gasteiger partial charge on any atom is -0.489 e. The monoisotopic (exact) mass is 493 g/mol. The number of amides is 1. The Morgan fingerprint density at radius 1 is 1.00 bits per heavy atom. The average Bonchev–Trinajstić information content (AvgIpc) is 3.38. The maximum atomic E-state index is 12.5.